The Hall–Kier alpha value is -2.21. The van der Waals surface area contributed by atoms with Crippen LogP contribution in [-0.2, 0) is 21.4 Å². The molecule has 0 spiro atoms. The molecule has 1 amide bonds. The number of hydrogen-bond acceptors (Lipinski definition) is 5. The molecule has 1 aromatic heterocycles. The largest absolute Gasteiger partial charge is 0.376 e. The molecule has 1 aliphatic heterocycles. The zero-order chi connectivity index (χ0) is 19.5. The second kappa shape index (κ2) is 7.80. The van der Waals surface area contributed by atoms with Crippen molar-refractivity contribution in [2.24, 2.45) is 0 Å². The zero-order valence-electron chi connectivity index (χ0n) is 16.7. The summed E-state index contributed by atoms with van der Waals surface area (Å²) in [5, 5.41) is 6.89. The summed E-state index contributed by atoms with van der Waals surface area (Å²) in [5.41, 5.74) is 2.03. The average molecular weight is 371 g/mol. The third-order valence-corrected chi connectivity index (χ3v) is 5.29. The molecular weight excluding hydrogens is 342 g/mol. The van der Waals surface area contributed by atoms with Gasteiger partial charge >= 0.3 is 0 Å². The number of nitrogens with one attached hydrogen (secondary N) is 1. The first-order valence-electron chi connectivity index (χ1n) is 9.56. The van der Waals surface area contributed by atoms with Gasteiger partial charge in [-0.3, -0.25) is 4.79 Å². The van der Waals surface area contributed by atoms with Gasteiger partial charge in [0.1, 0.15) is 0 Å². The summed E-state index contributed by atoms with van der Waals surface area (Å²) in [6, 6.07) is 8.38. The van der Waals surface area contributed by atoms with Crippen LogP contribution in [0.15, 0.2) is 28.8 Å². The number of carbonyl (C=O) groups excluding carboxylic acids is 1. The Morgan fingerprint density at radius 3 is 2.70 bits per heavy atom. The number of benzene rings is 1. The second-order valence-electron chi connectivity index (χ2n) is 8.14. The maximum Gasteiger partial charge on any atom is 0.223 e. The molecule has 0 bridgehead atoms. The highest BCUT2D eigenvalue weighted by Crippen LogP contribution is 2.45. The standard InChI is InChI=1S/C21H29N3O3/c1-15-7-5-6-8-17(15)21(10-12-26-20(3,4)14-21)13-19(25)22-11-9-18-23-16(2)27-24-18/h5-8H,9-14H2,1-4H3,(H,22,25). The van der Waals surface area contributed by atoms with Crippen LogP contribution < -0.4 is 5.32 Å². The van der Waals surface area contributed by atoms with Crippen molar-refractivity contribution in [1.29, 1.82) is 0 Å². The van der Waals surface area contributed by atoms with Gasteiger partial charge in [-0.05, 0) is 44.7 Å². The zero-order valence-corrected chi connectivity index (χ0v) is 16.7. The van der Waals surface area contributed by atoms with Crippen molar-refractivity contribution in [2.45, 2.75) is 64.4 Å². The highest BCUT2D eigenvalue weighted by molar-refractivity contribution is 5.77. The fraction of sp³-hybridized carbons (Fsp3) is 0.571. The van der Waals surface area contributed by atoms with Gasteiger partial charge in [-0.15, -0.1) is 0 Å². The van der Waals surface area contributed by atoms with E-state index in [-0.39, 0.29) is 16.9 Å². The van der Waals surface area contributed by atoms with Gasteiger partial charge in [-0.2, -0.15) is 4.98 Å². The average Bonchev–Trinajstić information content (AvgIpc) is 2.99. The molecule has 1 aromatic carbocycles. The Kier molecular flexibility index (Phi) is 5.65. The van der Waals surface area contributed by atoms with Crippen LogP contribution in [0.2, 0.25) is 0 Å². The van der Waals surface area contributed by atoms with Crippen molar-refractivity contribution in [3.63, 3.8) is 0 Å². The summed E-state index contributed by atoms with van der Waals surface area (Å²) in [4.78, 5) is 17.0. The first kappa shape index (κ1) is 19.5. The normalized spacial score (nSPS) is 21.8. The number of aromatic nitrogens is 2. The van der Waals surface area contributed by atoms with E-state index in [2.05, 4.69) is 54.4 Å². The topological polar surface area (TPSA) is 77.2 Å². The molecule has 1 saturated heterocycles. The summed E-state index contributed by atoms with van der Waals surface area (Å²) in [6.45, 7) is 9.26. The van der Waals surface area contributed by atoms with E-state index in [0.717, 1.165) is 12.8 Å². The molecule has 27 heavy (non-hydrogen) atoms. The SMILES string of the molecule is Cc1nc(CCNC(=O)CC2(c3ccccc3C)CCOC(C)(C)C2)no1. The molecule has 0 radical (unpaired) electrons. The van der Waals surface area contributed by atoms with Gasteiger partial charge in [-0.25, -0.2) is 0 Å². The van der Waals surface area contributed by atoms with E-state index in [9.17, 15) is 4.79 Å². The predicted molar refractivity (Wildman–Crippen MR) is 102 cm³/mol. The summed E-state index contributed by atoms with van der Waals surface area (Å²) in [6.07, 6.45) is 2.69. The summed E-state index contributed by atoms with van der Waals surface area (Å²) in [7, 11) is 0. The molecule has 1 atom stereocenters. The van der Waals surface area contributed by atoms with E-state index in [0.29, 0.717) is 37.7 Å². The Balaban J connectivity index is 1.71. The van der Waals surface area contributed by atoms with Gasteiger partial charge in [0.05, 0.1) is 5.60 Å². The number of nitrogens with zero attached hydrogens (tertiary/aromatic N) is 2. The Bertz CT molecular complexity index is 799. The first-order valence-corrected chi connectivity index (χ1v) is 9.56. The maximum absolute atomic E-state index is 12.8. The maximum atomic E-state index is 12.8. The fourth-order valence-electron chi connectivity index (χ4n) is 4.25. The fourth-order valence-corrected chi connectivity index (χ4v) is 4.25. The lowest BCUT2D eigenvalue weighted by atomic mass is 9.66. The van der Waals surface area contributed by atoms with Gasteiger partial charge in [-0.1, -0.05) is 29.4 Å². The minimum absolute atomic E-state index is 0.0520. The quantitative estimate of drug-likeness (QED) is 0.843. The van der Waals surface area contributed by atoms with Crippen molar-refractivity contribution < 1.29 is 14.1 Å². The van der Waals surface area contributed by atoms with Crippen LogP contribution in [0.25, 0.3) is 0 Å². The number of carbonyl (C=O) groups is 1. The molecular formula is C21H29N3O3. The Labute approximate surface area is 160 Å². The highest BCUT2D eigenvalue weighted by atomic mass is 16.5. The van der Waals surface area contributed by atoms with Gasteiger partial charge in [0.25, 0.3) is 0 Å². The van der Waals surface area contributed by atoms with Crippen molar-refractivity contribution in [3.8, 4) is 0 Å². The lowest BCUT2D eigenvalue weighted by Crippen LogP contribution is -2.47. The molecule has 3 rings (SSSR count). The Morgan fingerprint density at radius 2 is 2.04 bits per heavy atom. The third kappa shape index (κ3) is 4.75. The second-order valence-corrected chi connectivity index (χ2v) is 8.14. The van der Waals surface area contributed by atoms with E-state index in [1.54, 1.807) is 6.92 Å². The van der Waals surface area contributed by atoms with Gasteiger partial charge < -0.3 is 14.6 Å². The summed E-state index contributed by atoms with van der Waals surface area (Å²) < 4.78 is 10.9. The van der Waals surface area contributed by atoms with Crippen LogP contribution in [0.3, 0.4) is 0 Å². The molecule has 1 fully saturated rings. The van der Waals surface area contributed by atoms with Gasteiger partial charge in [0.2, 0.25) is 11.8 Å². The van der Waals surface area contributed by atoms with Gasteiger partial charge in [0, 0.05) is 38.3 Å². The van der Waals surface area contributed by atoms with E-state index < -0.39 is 0 Å². The molecule has 6 heteroatoms. The minimum Gasteiger partial charge on any atom is -0.376 e. The van der Waals surface area contributed by atoms with Crippen LogP contribution in [0, 0.1) is 13.8 Å². The molecule has 1 aliphatic rings. The lowest BCUT2D eigenvalue weighted by molar-refractivity contribution is -0.126. The molecule has 146 valence electrons. The van der Waals surface area contributed by atoms with Crippen LogP contribution in [-0.4, -0.2) is 34.8 Å². The number of amides is 1. The van der Waals surface area contributed by atoms with E-state index in [1.807, 2.05) is 6.07 Å². The van der Waals surface area contributed by atoms with Crippen molar-refractivity contribution in [3.05, 3.63) is 47.1 Å². The van der Waals surface area contributed by atoms with E-state index >= 15 is 0 Å². The van der Waals surface area contributed by atoms with Crippen molar-refractivity contribution >= 4 is 5.91 Å². The first-order chi connectivity index (χ1) is 12.8. The number of ether oxygens (including phenoxy) is 1. The number of hydrogen-bond donors (Lipinski definition) is 1. The predicted octanol–water partition coefficient (Wildman–Crippen LogP) is 3.26. The van der Waals surface area contributed by atoms with Gasteiger partial charge in [0.15, 0.2) is 5.82 Å². The van der Waals surface area contributed by atoms with Crippen LogP contribution in [0.4, 0.5) is 0 Å². The van der Waals surface area contributed by atoms with E-state index in [4.69, 9.17) is 9.26 Å². The van der Waals surface area contributed by atoms with Crippen LogP contribution in [0.1, 0.15) is 56.0 Å². The highest BCUT2D eigenvalue weighted by Gasteiger charge is 2.44. The van der Waals surface area contributed by atoms with Crippen LogP contribution >= 0.6 is 0 Å². The Morgan fingerprint density at radius 1 is 1.26 bits per heavy atom. The summed E-state index contributed by atoms with van der Waals surface area (Å²) in [5.74, 6) is 1.21. The minimum atomic E-state index is -0.247. The lowest BCUT2D eigenvalue weighted by Gasteiger charge is -2.45. The monoisotopic (exact) mass is 371 g/mol. The third-order valence-electron chi connectivity index (χ3n) is 5.29. The molecule has 0 saturated carbocycles. The molecule has 6 nitrogen and oxygen atoms in total. The van der Waals surface area contributed by atoms with Crippen LogP contribution in [0.5, 0.6) is 0 Å². The molecule has 1 N–H and O–H groups in total. The smallest absolute Gasteiger partial charge is 0.223 e. The molecule has 1 unspecified atom stereocenters. The molecule has 2 heterocycles. The molecule has 2 aromatic rings. The van der Waals surface area contributed by atoms with Crippen molar-refractivity contribution in [2.75, 3.05) is 13.2 Å². The van der Waals surface area contributed by atoms with Crippen molar-refractivity contribution in [1.82, 2.24) is 15.5 Å². The summed E-state index contributed by atoms with van der Waals surface area (Å²) >= 11 is 0. The number of rotatable bonds is 6. The molecule has 0 aliphatic carbocycles. The number of aryl methyl sites for hydroxylation is 2. The van der Waals surface area contributed by atoms with E-state index in [1.165, 1.54) is 11.1 Å².